The van der Waals surface area contributed by atoms with E-state index in [9.17, 15) is 0 Å². The van der Waals surface area contributed by atoms with Crippen molar-refractivity contribution < 1.29 is 8.78 Å². The van der Waals surface area contributed by atoms with Gasteiger partial charge in [0.05, 0.1) is 46.5 Å². The quantitative estimate of drug-likeness (QED) is 0.138. The van der Waals surface area contributed by atoms with Crippen LogP contribution >= 0.6 is 0 Å². The zero-order valence-corrected chi connectivity index (χ0v) is 34.1. The van der Waals surface area contributed by atoms with Gasteiger partial charge < -0.3 is 14.4 Å². The molecule has 0 aliphatic rings. The molecule has 6 aromatic carbocycles. The Hall–Kier alpha value is -7.64. The first-order valence-electron chi connectivity index (χ1n) is 20.3. The third kappa shape index (κ3) is 7.94. The van der Waals surface area contributed by atoms with Gasteiger partial charge in [0, 0.05) is 50.5 Å². The molecule has 3 aromatic heterocycles. The second-order valence-corrected chi connectivity index (χ2v) is 15.8. The molecule has 7 heteroatoms. The Morgan fingerprint density at radius 2 is 0.754 bits per heavy atom. The number of aromatic nitrogens is 3. The predicted molar refractivity (Wildman–Crippen MR) is 246 cm³/mol. The normalized spacial score (nSPS) is 11.4. The van der Waals surface area contributed by atoms with Crippen LogP contribution < -0.4 is 9.80 Å². The molecule has 9 aromatic rings. The molecule has 0 aliphatic carbocycles. The molecule has 0 spiro atoms. The number of benzene rings is 6. The van der Waals surface area contributed by atoms with E-state index in [2.05, 4.69) is 0 Å². The molecule has 0 fully saturated rings. The van der Waals surface area contributed by atoms with Gasteiger partial charge in [-0.05, 0) is 118 Å². The van der Waals surface area contributed by atoms with Crippen LogP contribution in [0.5, 0.6) is 0 Å². The number of nitrogens with zero attached hydrogens (tertiary/aromatic N) is 5. The molecule has 3 heterocycles. The molecule has 0 unspecified atom stereocenters. The van der Waals surface area contributed by atoms with Gasteiger partial charge in [-0.3, -0.25) is 9.97 Å². The molecule has 5 nitrogen and oxygen atoms in total. The van der Waals surface area contributed by atoms with E-state index in [4.69, 9.17) is 9.97 Å². The van der Waals surface area contributed by atoms with Gasteiger partial charge in [0.15, 0.2) is 0 Å². The number of hydrogen-bond donors (Lipinski definition) is 0. The molecular weight excluding hydrogens is 757 g/mol. The molecule has 0 saturated heterocycles. The van der Waals surface area contributed by atoms with Crippen molar-refractivity contribution in [3.63, 3.8) is 0 Å². The summed E-state index contributed by atoms with van der Waals surface area (Å²) in [6.45, 7) is 6.14. The second-order valence-electron chi connectivity index (χ2n) is 15.8. The standard InChI is InChI=1S/C54H43F2N5/c1-54(2,3)61-52(46-28-24-42(34-48(46)55)59(40-20-12-6-13-21-40)44-26-30-50(57-36-44)38-16-8-4-9-17-38)32-33-53(61)47-29-25-43(35-49(47)56)60(41-22-14-7-15-23-41)45-27-31-51(58-37-45)39-18-10-5-11-19-39/h4-37H,1-3H3. The van der Waals surface area contributed by atoms with Crippen molar-refractivity contribution in [3.8, 4) is 45.0 Å². The zero-order valence-electron chi connectivity index (χ0n) is 34.1. The van der Waals surface area contributed by atoms with Crippen LogP contribution in [0.4, 0.5) is 42.9 Å². The Labute approximate surface area is 355 Å². The van der Waals surface area contributed by atoms with E-state index >= 15 is 8.78 Å². The molecular formula is C54H43F2N5. The maximum Gasteiger partial charge on any atom is 0.134 e. The minimum Gasteiger partial charge on any atom is -0.335 e. The molecule has 0 amide bonds. The Bertz CT molecular complexity index is 2700. The van der Waals surface area contributed by atoms with Crippen molar-refractivity contribution in [2.75, 3.05) is 9.80 Å². The summed E-state index contributed by atoms with van der Waals surface area (Å²) < 4.78 is 35.5. The van der Waals surface area contributed by atoms with Crippen molar-refractivity contribution in [1.82, 2.24) is 14.5 Å². The van der Waals surface area contributed by atoms with Crippen LogP contribution in [-0.2, 0) is 5.54 Å². The van der Waals surface area contributed by atoms with Gasteiger partial charge in [0.2, 0.25) is 0 Å². The molecule has 0 N–H and O–H groups in total. The zero-order chi connectivity index (χ0) is 41.9. The lowest BCUT2D eigenvalue weighted by Gasteiger charge is -2.29. The van der Waals surface area contributed by atoms with E-state index in [-0.39, 0.29) is 0 Å². The fourth-order valence-electron chi connectivity index (χ4n) is 7.93. The van der Waals surface area contributed by atoms with Gasteiger partial charge >= 0.3 is 0 Å². The number of halogens is 2. The van der Waals surface area contributed by atoms with Gasteiger partial charge in [-0.1, -0.05) is 97.1 Å². The first-order chi connectivity index (χ1) is 29.7. The van der Waals surface area contributed by atoms with E-state index in [1.165, 1.54) is 0 Å². The minimum absolute atomic E-state index is 0.399. The first-order valence-corrected chi connectivity index (χ1v) is 20.3. The largest absolute Gasteiger partial charge is 0.335 e. The Balaban J connectivity index is 1.07. The van der Waals surface area contributed by atoms with Gasteiger partial charge in [-0.15, -0.1) is 0 Å². The van der Waals surface area contributed by atoms with Crippen LogP contribution in [0.3, 0.4) is 0 Å². The molecule has 0 aliphatic heterocycles. The van der Waals surface area contributed by atoms with Crippen molar-refractivity contribution in [2.24, 2.45) is 0 Å². The van der Waals surface area contributed by atoms with Gasteiger partial charge in [0.1, 0.15) is 11.6 Å². The third-order valence-electron chi connectivity index (χ3n) is 10.7. The molecule has 9 rings (SSSR count). The summed E-state index contributed by atoms with van der Waals surface area (Å²) in [5.41, 5.74) is 9.93. The van der Waals surface area contributed by atoms with Crippen LogP contribution in [0.1, 0.15) is 20.8 Å². The van der Waals surface area contributed by atoms with Crippen molar-refractivity contribution in [1.29, 1.82) is 0 Å². The number of anilines is 6. The third-order valence-corrected chi connectivity index (χ3v) is 10.7. The average molecular weight is 800 g/mol. The van der Waals surface area contributed by atoms with E-state index in [0.717, 1.165) is 45.3 Å². The summed E-state index contributed by atoms with van der Waals surface area (Å²) in [5, 5.41) is 0. The highest BCUT2D eigenvalue weighted by Gasteiger charge is 2.26. The highest BCUT2D eigenvalue weighted by atomic mass is 19.1. The maximum atomic E-state index is 16.7. The van der Waals surface area contributed by atoms with Crippen molar-refractivity contribution >= 4 is 34.1 Å². The average Bonchev–Trinajstić information content (AvgIpc) is 3.74. The van der Waals surface area contributed by atoms with E-state index < -0.39 is 17.2 Å². The Morgan fingerprint density at radius 3 is 1.08 bits per heavy atom. The van der Waals surface area contributed by atoms with Gasteiger partial charge in [-0.25, -0.2) is 8.78 Å². The first kappa shape index (κ1) is 38.9. The molecule has 0 bridgehead atoms. The Morgan fingerprint density at radius 1 is 0.393 bits per heavy atom. The summed E-state index contributed by atoms with van der Waals surface area (Å²) in [5.74, 6) is -0.799. The summed E-state index contributed by atoms with van der Waals surface area (Å²) in [7, 11) is 0. The maximum absolute atomic E-state index is 16.7. The van der Waals surface area contributed by atoms with Crippen molar-refractivity contribution in [2.45, 2.75) is 26.3 Å². The lowest BCUT2D eigenvalue weighted by atomic mass is 10.0. The topological polar surface area (TPSA) is 37.2 Å². The number of para-hydroxylation sites is 2. The lowest BCUT2D eigenvalue weighted by molar-refractivity contribution is 0.406. The summed E-state index contributed by atoms with van der Waals surface area (Å²) in [4.78, 5) is 13.5. The van der Waals surface area contributed by atoms with E-state index in [0.29, 0.717) is 33.9 Å². The molecule has 0 radical (unpaired) electrons. The fraction of sp³-hybridized carbons (Fsp3) is 0.0741. The smallest absolute Gasteiger partial charge is 0.134 e. The van der Waals surface area contributed by atoms with Crippen LogP contribution in [0, 0.1) is 11.6 Å². The highest BCUT2D eigenvalue weighted by Crippen LogP contribution is 2.42. The van der Waals surface area contributed by atoms with Gasteiger partial charge in [-0.2, -0.15) is 0 Å². The van der Waals surface area contributed by atoms with Crippen LogP contribution in [-0.4, -0.2) is 14.5 Å². The van der Waals surface area contributed by atoms with E-state index in [1.807, 2.05) is 230 Å². The fourth-order valence-corrected chi connectivity index (χ4v) is 7.93. The molecule has 61 heavy (non-hydrogen) atoms. The summed E-state index contributed by atoms with van der Waals surface area (Å²) >= 11 is 0. The molecule has 298 valence electrons. The molecule has 0 saturated carbocycles. The monoisotopic (exact) mass is 799 g/mol. The molecule has 0 atom stereocenters. The van der Waals surface area contributed by atoms with Crippen molar-refractivity contribution in [3.05, 3.63) is 218 Å². The summed E-state index contributed by atoms with van der Waals surface area (Å²) in [6, 6.07) is 62.0. The van der Waals surface area contributed by atoms with Crippen LogP contribution in [0.15, 0.2) is 207 Å². The number of rotatable bonds is 10. The number of pyridine rings is 2. The number of hydrogen-bond acceptors (Lipinski definition) is 4. The predicted octanol–water partition coefficient (Wildman–Crippen LogP) is 14.9. The highest BCUT2D eigenvalue weighted by molar-refractivity contribution is 5.81. The minimum atomic E-state index is -0.533. The lowest BCUT2D eigenvalue weighted by Crippen LogP contribution is -2.24. The van der Waals surface area contributed by atoms with E-state index in [1.54, 1.807) is 12.1 Å². The van der Waals surface area contributed by atoms with Crippen LogP contribution in [0.2, 0.25) is 0 Å². The Kier molecular flexibility index (Phi) is 10.5. The SMILES string of the molecule is CC(C)(C)n1c(-c2ccc(N(c3ccccc3)c3ccc(-c4ccccc4)nc3)cc2F)ccc1-c1ccc(N(c2ccccc2)c2ccc(-c3ccccc3)nc2)cc1F. The van der Waals surface area contributed by atoms with Gasteiger partial charge in [0.25, 0.3) is 0 Å². The second kappa shape index (κ2) is 16.5. The summed E-state index contributed by atoms with van der Waals surface area (Å²) in [6.07, 6.45) is 3.63. The van der Waals surface area contributed by atoms with Crippen LogP contribution in [0.25, 0.3) is 45.0 Å².